The maximum Gasteiger partial charge on any atom is 0.510 e. The van der Waals surface area contributed by atoms with Crippen molar-refractivity contribution in [3.8, 4) is 0 Å². The van der Waals surface area contributed by atoms with Gasteiger partial charge in [0.2, 0.25) is 19.4 Å². The summed E-state index contributed by atoms with van der Waals surface area (Å²) < 4.78 is 61.2. The second-order valence-corrected chi connectivity index (χ2v) is 9.74. The van der Waals surface area contributed by atoms with Gasteiger partial charge in [-0.25, -0.2) is 27.6 Å². The average molecular weight is 557 g/mol. The van der Waals surface area contributed by atoms with Crippen LogP contribution in [0.4, 0.5) is 14.0 Å². The smallest absolute Gasteiger partial charge is 0.438 e. The number of carbonyl (C=O) groups is 3. The fourth-order valence-electron chi connectivity index (χ4n) is 3.11. The lowest BCUT2D eigenvalue weighted by molar-refractivity contribution is -0.121. The van der Waals surface area contributed by atoms with Crippen LogP contribution in [-0.2, 0) is 41.9 Å². The van der Waals surface area contributed by atoms with Crippen LogP contribution in [0.25, 0.3) is 0 Å². The van der Waals surface area contributed by atoms with Crippen LogP contribution in [-0.4, -0.2) is 90.4 Å². The molecule has 0 spiro atoms. The minimum absolute atomic E-state index is 0.0367. The van der Waals surface area contributed by atoms with E-state index in [9.17, 15) is 29.2 Å². The Kier molecular flexibility index (Phi) is 10.0. The van der Waals surface area contributed by atoms with Crippen molar-refractivity contribution in [1.82, 2.24) is 15.5 Å². The van der Waals surface area contributed by atoms with Crippen LogP contribution in [0.5, 0.6) is 0 Å². The number of methoxy groups -OCH3 is 1. The summed E-state index contributed by atoms with van der Waals surface area (Å²) in [6.07, 6.45) is -4.26. The first-order valence-corrected chi connectivity index (χ1v) is 12.0. The lowest BCUT2D eigenvalue weighted by Crippen LogP contribution is -2.56. The van der Waals surface area contributed by atoms with E-state index in [1.54, 1.807) is 0 Å². The molecule has 0 aromatic heterocycles. The van der Waals surface area contributed by atoms with Crippen molar-refractivity contribution < 1.29 is 66.1 Å². The number of nitrogens with zero attached hydrogens (tertiary/aromatic N) is 1. The summed E-state index contributed by atoms with van der Waals surface area (Å²) in [4.78, 5) is 35.2. The van der Waals surface area contributed by atoms with E-state index in [0.717, 1.165) is 25.0 Å². The lowest BCUT2D eigenvalue weighted by Gasteiger charge is -2.37. The number of ether oxygens (including phenoxy) is 4. The molecule has 0 aliphatic carbocycles. The maximum absolute atomic E-state index is 15.8. The number of nitrogens with one attached hydrogen (secondary N) is 2. The second-order valence-electron chi connectivity index (χ2n) is 8.07. The zero-order valence-electron chi connectivity index (χ0n) is 20.4. The number of amides is 1. The summed E-state index contributed by atoms with van der Waals surface area (Å²) >= 11 is 0. The Labute approximate surface area is 210 Å². The van der Waals surface area contributed by atoms with Crippen LogP contribution >= 0.6 is 7.82 Å². The van der Waals surface area contributed by atoms with Crippen LogP contribution in [0.15, 0.2) is 24.7 Å². The third-order valence-electron chi connectivity index (χ3n) is 4.87. The molecule has 1 fully saturated rings. The molecule has 16 nitrogen and oxygen atoms in total. The number of halogens is 1. The zero-order valence-corrected chi connectivity index (χ0v) is 21.3. The summed E-state index contributed by atoms with van der Waals surface area (Å²) in [5.41, 5.74) is -2.21. The van der Waals surface area contributed by atoms with Gasteiger partial charge >= 0.3 is 20.1 Å². The molecule has 0 radical (unpaired) electrons. The van der Waals surface area contributed by atoms with Crippen molar-refractivity contribution in [1.29, 1.82) is 0 Å². The molecule has 2 aliphatic heterocycles. The largest absolute Gasteiger partial charge is 0.510 e. The molecule has 0 aromatic carbocycles. The van der Waals surface area contributed by atoms with E-state index in [1.807, 2.05) is 0 Å². The van der Waals surface area contributed by atoms with Gasteiger partial charge in [0.15, 0.2) is 0 Å². The molecule has 2 aliphatic rings. The van der Waals surface area contributed by atoms with Gasteiger partial charge in [-0.2, -0.15) is 0 Å². The van der Waals surface area contributed by atoms with E-state index in [4.69, 9.17) is 18.3 Å². The number of phosphoric acid groups is 1. The van der Waals surface area contributed by atoms with Crippen LogP contribution in [0.1, 0.15) is 20.8 Å². The Bertz CT molecular complexity index is 962. The van der Waals surface area contributed by atoms with E-state index in [1.165, 1.54) is 20.0 Å². The van der Waals surface area contributed by atoms with Crippen molar-refractivity contribution >= 4 is 26.0 Å². The summed E-state index contributed by atoms with van der Waals surface area (Å²) in [5.74, 6) is -3.53. The predicted octanol–water partition coefficient (Wildman–Crippen LogP) is 0.528. The quantitative estimate of drug-likeness (QED) is 0.118. The average Bonchev–Trinajstić information content (AvgIpc) is 2.97. The Balaban J connectivity index is 2.13. The number of hydrogen-bond donors (Lipinski definition) is 4. The first-order chi connectivity index (χ1) is 17.1. The minimum Gasteiger partial charge on any atom is -0.438 e. The first-order valence-electron chi connectivity index (χ1n) is 10.5. The molecule has 1 amide bonds. The highest BCUT2D eigenvalue weighted by atomic mass is 31.2. The van der Waals surface area contributed by atoms with E-state index < -0.39 is 76.0 Å². The molecule has 0 aromatic rings. The molecule has 2 rings (SSSR count). The number of aliphatic hydroxyl groups is 2. The second kappa shape index (κ2) is 12.2. The summed E-state index contributed by atoms with van der Waals surface area (Å²) in [5, 5.41) is 26.0. The van der Waals surface area contributed by atoms with E-state index in [2.05, 4.69) is 31.4 Å². The van der Waals surface area contributed by atoms with Crippen LogP contribution in [0.2, 0.25) is 0 Å². The molecule has 1 saturated heterocycles. The van der Waals surface area contributed by atoms with Crippen LogP contribution in [0.3, 0.4) is 0 Å². The van der Waals surface area contributed by atoms with Crippen LogP contribution in [0, 0.1) is 0 Å². The van der Waals surface area contributed by atoms with Crippen molar-refractivity contribution in [2.75, 3.05) is 27.3 Å². The highest BCUT2D eigenvalue weighted by Gasteiger charge is 2.63. The van der Waals surface area contributed by atoms with Gasteiger partial charge in [-0.15, -0.1) is 0 Å². The van der Waals surface area contributed by atoms with Gasteiger partial charge in [0.1, 0.15) is 30.3 Å². The fraction of sp³-hybridized carbons (Fsp3) is 0.632. The van der Waals surface area contributed by atoms with E-state index >= 15 is 4.39 Å². The fourth-order valence-corrected chi connectivity index (χ4v) is 4.05. The molecule has 0 saturated carbocycles. The predicted molar refractivity (Wildman–Crippen MR) is 117 cm³/mol. The normalized spacial score (nSPS) is 29.0. The van der Waals surface area contributed by atoms with Crippen molar-refractivity contribution in [3.63, 3.8) is 0 Å². The molecule has 5 atom stereocenters. The standard InChI is InChI=1S/C19H29FN3O13P/c1-11(2)36-17(27)32-10-35-37(29,34-9-31-16(26)30-5)33-8-19(20)14(25)18(4,28)15(22-19)23-7-6-13(24)21-12(23)3/h6-7,11,14-15,22,25,28H,3,8-10H2,1-2,4-5H3,(H,21,24)/t14-,15-,18+,19+,37?/m0/s1. The Morgan fingerprint density at radius 3 is 2.38 bits per heavy atom. The third-order valence-corrected chi connectivity index (χ3v) is 6.16. The Morgan fingerprint density at radius 1 is 1.24 bits per heavy atom. The van der Waals surface area contributed by atoms with E-state index in [-0.39, 0.29) is 5.82 Å². The molecule has 4 N–H and O–H groups in total. The van der Waals surface area contributed by atoms with Crippen molar-refractivity contribution in [2.24, 2.45) is 0 Å². The Morgan fingerprint density at radius 2 is 1.84 bits per heavy atom. The number of aliphatic hydroxyl groups excluding tert-OH is 1. The van der Waals surface area contributed by atoms with Gasteiger partial charge in [-0.05, 0) is 20.8 Å². The SMILES string of the molecule is C=C1NC(=O)C=CN1[C@@H]1N[C@](F)(COP(=O)(OCOC(=O)OC)OCOC(=O)OC(C)C)[C@@H](O)[C@@]1(C)O. The molecule has 37 heavy (non-hydrogen) atoms. The number of hydrogen-bond acceptors (Lipinski definition) is 15. The van der Waals surface area contributed by atoms with Gasteiger partial charge in [0.05, 0.1) is 13.2 Å². The van der Waals surface area contributed by atoms with Gasteiger partial charge in [0.25, 0.3) is 5.91 Å². The molecular weight excluding hydrogens is 528 g/mol. The third kappa shape index (κ3) is 7.85. The first kappa shape index (κ1) is 30.4. The lowest BCUT2D eigenvalue weighted by atomic mass is 9.95. The van der Waals surface area contributed by atoms with Gasteiger partial charge in [0, 0.05) is 12.3 Å². The molecule has 2 heterocycles. The van der Waals surface area contributed by atoms with Gasteiger partial charge in [-0.1, -0.05) is 6.58 Å². The highest BCUT2D eigenvalue weighted by Crippen LogP contribution is 2.51. The molecule has 18 heteroatoms. The molecule has 0 bridgehead atoms. The molecule has 1 unspecified atom stereocenters. The van der Waals surface area contributed by atoms with Crippen molar-refractivity contribution in [2.45, 2.75) is 50.5 Å². The topological polar surface area (TPSA) is 201 Å². The molecule has 210 valence electrons. The highest BCUT2D eigenvalue weighted by molar-refractivity contribution is 7.48. The molecular formula is C19H29FN3O13P. The monoisotopic (exact) mass is 557 g/mol. The number of carbonyl (C=O) groups excluding carboxylic acids is 3. The summed E-state index contributed by atoms with van der Waals surface area (Å²) in [7, 11) is -3.86. The number of phosphoric ester groups is 1. The summed E-state index contributed by atoms with van der Waals surface area (Å²) in [6.45, 7) is 4.42. The van der Waals surface area contributed by atoms with Gasteiger partial charge < -0.3 is 39.4 Å². The zero-order chi connectivity index (χ0) is 28.0. The van der Waals surface area contributed by atoms with Gasteiger partial charge in [-0.3, -0.25) is 14.6 Å². The van der Waals surface area contributed by atoms with Crippen molar-refractivity contribution in [3.05, 3.63) is 24.7 Å². The summed E-state index contributed by atoms with van der Waals surface area (Å²) in [6, 6.07) is 0. The minimum atomic E-state index is -4.85. The van der Waals surface area contributed by atoms with E-state index in [0.29, 0.717) is 0 Å². The Hall–Kier alpha value is -2.79. The number of alkyl halides is 1. The maximum atomic E-state index is 15.8. The van der Waals surface area contributed by atoms with Crippen LogP contribution < -0.4 is 10.6 Å². The number of rotatable bonds is 11.